The summed E-state index contributed by atoms with van der Waals surface area (Å²) in [7, 11) is 0. The van der Waals surface area contributed by atoms with E-state index in [1.807, 2.05) is 0 Å². The summed E-state index contributed by atoms with van der Waals surface area (Å²) in [5.74, 6) is 0. The predicted molar refractivity (Wildman–Crippen MR) is 26.3 cm³/mol. The van der Waals surface area contributed by atoms with Crippen molar-refractivity contribution in [1.29, 1.82) is 0 Å². The Labute approximate surface area is 133 Å². The summed E-state index contributed by atoms with van der Waals surface area (Å²) < 4.78 is 0. The molecule has 0 aromatic heterocycles. The second kappa shape index (κ2) is 22.7. The summed E-state index contributed by atoms with van der Waals surface area (Å²) >= 11 is 0. The van der Waals surface area contributed by atoms with Gasteiger partial charge in [-0.2, -0.15) is 0 Å². The van der Waals surface area contributed by atoms with E-state index >= 15 is 0 Å². The molecule has 0 heterocycles. The van der Waals surface area contributed by atoms with Crippen LogP contribution >= 0.6 is 24.8 Å². The quantitative estimate of drug-likeness (QED) is 0.491. The van der Waals surface area contributed by atoms with Crippen molar-refractivity contribution in [2.24, 2.45) is 0 Å². The van der Waals surface area contributed by atoms with Crippen molar-refractivity contribution in [3.05, 3.63) is 0 Å². The van der Waals surface area contributed by atoms with Gasteiger partial charge < -0.3 is 11.6 Å². The molecule has 3 nitrogen and oxygen atoms in total. The SMILES string of the molecule is Cl.Cl.O=C(O)O.[Cs+].[H-].[Pd]. The first-order chi connectivity index (χ1) is 1.73. The molecule has 0 aromatic rings. The Morgan fingerprint density at radius 2 is 1.25 bits per heavy atom. The Morgan fingerprint density at radius 3 is 1.25 bits per heavy atom. The largest absolute Gasteiger partial charge is 1.00 e. The van der Waals surface area contributed by atoms with E-state index in [1.54, 1.807) is 0 Å². The molecule has 0 unspecified atom stereocenters. The zero-order chi connectivity index (χ0) is 3.58. The maximum Gasteiger partial charge on any atom is 1.00 e. The molecule has 0 radical (unpaired) electrons. The molecule has 0 amide bonds. The van der Waals surface area contributed by atoms with Gasteiger partial charge in [0.05, 0.1) is 0 Å². The van der Waals surface area contributed by atoms with E-state index in [1.165, 1.54) is 0 Å². The van der Waals surface area contributed by atoms with Gasteiger partial charge in [0.1, 0.15) is 0 Å². The van der Waals surface area contributed by atoms with Gasteiger partial charge in [-0.3, -0.25) is 0 Å². The molecule has 0 aliphatic heterocycles. The van der Waals surface area contributed by atoms with Crippen molar-refractivity contribution in [3.8, 4) is 0 Å². The molecule has 0 saturated heterocycles. The second-order valence-electron chi connectivity index (χ2n) is 0.283. The third kappa shape index (κ3) is 74.5. The van der Waals surface area contributed by atoms with Crippen molar-refractivity contribution >= 4 is 31.0 Å². The number of halogens is 2. The molecule has 0 aliphatic rings. The van der Waals surface area contributed by atoms with Crippen LogP contribution in [0.15, 0.2) is 0 Å². The van der Waals surface area contributed by atoms with Crippen LogP contribution in [0.4, 0.5) is 4.79 Å². The molecule has 2 N–H and O–H groups in total. The van der Waals surface area contributed by atoms with Crippen LogP contribution < -0.4 is 68.9 Å². The summed E-state index contributed by atoms with van der Waals surface area (Å²) in [5, 5.41) is 13.9. The number of carboxylic acid groups (broad SMARTS) is 2. The fourth-order valence-corrected chi connectivity index (χ4v) is 0. The van der Waals surface area contributed by atoms with Crippen molar-refractivity contribution in [2.75, 3.05) is 0 Å². The molecule has 0 aliphatic carbocycles. The number of rotatable bonds is 0. The van der Waals surface area contributed by atoms with Gasteiger partial charge in [-0.05, 0) is 0 Å². The summed E-state index contributed by atoms with van der Waals surface area (Å²) in [6.07, 6.45) is -1.83. The Hall–Kier alpha value is 2.56. The molecular weight excluding hydrogens is 370 g/mol. The van der Waals surface area contributed by atoms with Gasteiger partial charge in [-0.15, -0.1) is 24.8 Å². The summed E-state index contributed by atoms with van der Waals surface area (Å²) in [4.78, 5) is 8.56. The first kappa shape index (κ1) is 31.2. The molecule has 0 atom stereocenters. The smallest absolute Gasteiger partial charge is 1.00 e. The second-order valence-corrected chi connectivity index (χ2v) is 0.283. The van der Waals surface area contributed by atoms with Gasteiger partial charge in [-0.25, -0.2) is 4.79 Å². The number of hydrogen-bond acceptors (Lipinski definition) is 1. The topological polar surface area (TPSA) is 57.5 Å². The van der Waals surface area contributed by atoms with Crippen molar-refractivity contribution in [3.63, 3.8) is 0 Å². The first-order valence-corrected chi connectivity index (χ1v) is 0.651. The third-order valence-electron chi connectivity index (χ3n) is 0. The van der Waals surface area contributed by atoms with E-state index in [0.717, 1.165) is 0 Å². The van der Waals surface area contributed by atoms with Crippen LogP contribution in [0, 0.1) is 0 Å². The molecular formula is CH5Cl2CsO3Pd. The molecule has 0 bridgehead atoms. The van der Waals surface area contributed by atoms with Crippen LogP contribution in [0.25, 0.3) is 0 Å². The Bertz CT molecular complexity index is 44.8. The molecule has 0 fully saturated rings. The number of hydrogen-bond donors (Lipinski definition) is 2. The average Bonchev–Trinajstić information content (AvgIpc) is 0.811. The summed E-state index contributed by atoms with van der Waals surface area (Å²) in [6.45, 7) is 0. The summed E-state index contributed by atoms with van der Waals surface area (Å²) in [6, 6.07) is 0. The van der Waals surface area contributed by atoms with Gasteiger partial charge in [0.15, 0.2) is 0 Å². The molecule has 0 spiro atoms. The van der Waals surface area contributed by atoms with Gasteiger partial charge in [0.2, 0.25) is 0 Å². The molecule has 0 aromatic carbocycles. The van der Waals surface area contributed by atoms with Crippen molar-refractivity contribution < 1.29 is 106 Å². The van der Waals surface area contributed by atoms with E-state index in [0.29, 0.717) is 0 Å². The third-order valence-corrected chi connectivity index (χ3v) is 0. The van der Waals surface area contributed by atoms with Crippen LogP contribution in [0.1, 0.15) is 1.43 Å². The van der Waals surface area contributed by atoms with Gasteiger partial charge in [0.25, 0.3) is 0 Å². The van der Waals surface area contributed by atoms with Crippen molar-refractivity contribution in [1.82, 2.24) is 0 Å². The molecule has 7 heteroatoms. The minimum absolute atomic E-state index is 0. The Morgan fingerprint density at radius 1 is 1.25 bits per heavy atom. The van der Waals surface area contributed by atoms with Crippen LogP contribution in [0.3, 0.4) is 0 Å². The molecule has 0 rings (SSSR count). The van der Waals surface area contributed by atoms with Crippen molar-refractivity contribution in [2.45, 2.75) is 0 Å². The van der Waals surface area contributed by atoms with Crippen LogP contribution in [0.5, 0.6) is 0 Å². The fraction of sp³-hybridized carbons (Fsp3) is 0. The zero-order valence-corrected chi connectivity index (χ0v) is 13.4. The van der Waals surface area contributed by atoms with Gasteiger partial charge >= 0.3 is 75.0 Å². The maximum atomic E-state index is 8.56. The molecule has 0 saturated carbocycles. The average molecular weight is 375 g/mol. The predicted octanol–water partition coefficient (Wildman–Crippen LogP) is -1.82. The minimum Gasteiger partial charge on any atom is -1.00 e. The van der Waals surface area contributed by atoms with Crippen LogP contribution in [-0.2, 0) is 20.4 Å². The Kier molecular flexibility index (Phi) is 88.4. The van der Waals surface area contributed by atoms with Gasteiger partial charge in [0, 0.05) is 20.4 Å². The fourth-order valence-electron chi connectivity index (χ4n) is 0. The van der Waals surface area contributed by atoms with E-state index in [2.05, 4.69) is 0 Å². The monoisotopic (exact) mass is 374 g/mol. The van der Waals surface area contributed by atoms with E-state index in [4.69, 9.17) is 15.0 Å². The van der Waals surface area contributed by atoms with E-state index < -0.39 is 6.16 Å². The van der Waals surface area contributed by atoms with Crippen LogP contribution in [0.2, 0.25) is 0 Å². The molecule has 8 heavy (non-hydrogen) atoms. The minimum atomic E-state index is -1.83. The molecule has 52 valence electrons. The Balaban J connectivity index is -0.00000000450. The van der Waals surface area contributed by atoms with Crippen LogP contribution in [-0.4, -0.2) is 16.4 Å². The maximum absolute atomic E-state index is 8.56. The van der Waals surface area contributed by atoms with E-state index in [-0.39, 0.29) is 116 Å². The summed E-state index contributed by atoms with van der Waals surface area (Å²) in [5.41, 5.74) is 0. The zero-order valence-electron chi connectivity index (χ0n) is 4.94. The normalized spacial score (nSPS) is 3.00. The van der Waals surface area contributed by atoms with Gasteiger partial charge in [-0.1, -0.05) is 0 Å². The van der Waals surface area contributed by atoms with E-state index in [9.17, 15) is 0 Å². The first-order valence-electron chi connectivity index (χ1n) is 0.651. The number of carbonyl (C=O) groups is 1. The standard InChI is InChI=1S/CH2O3.2ClH.Cs.Pd.H/c2-1(3)4;;;;;/h(H2,2,3,4);2*1H;;;/q;;;+1;;-1.